The van der Waals surface area contributed by atoms with Crippen molar-refractivity contribution in [2.75, 3.05) is 33.2 Å². The number of hydrogen-bond acceptors (Lipinski definition) is 2. The van der Waals surface area contributed by atoms with E-state index in [0.717, 1.165) is 6.04 Å². The Labute approximate surface area is 81.9 Å². The molecule has 13 heavy (non-hydrogen) atoms. The topological polar surface area (TPSA) is 6.48 Å². The van der Waals surface area contributed by atoms with Gasteiger partial charge in [-0.1, -0.05) is 0 Å². The van der Waals surface area contributed by atoms with E-state index < -0.39 is 0 Å². The highest BCUT2D eigenvalue weighted by Gasteiger charge is 2.28. The molecule has 2 heteroatoms. The summed E-state index contributed by atoms with van der Waals surface area (Å²) in [5.74, 6) is 2.25. The molecule has 2 heterocycles. The van der Waals surface area contributed by atoms with Crippen LogP contribution in [0.5, 0.6) is 0 Å². The summed E-state index contributed by atoms with van der Waals surface area (Å²) in [4.78, 5) is 5.09. The van der Waals surface area contributed by atoms with Gasteiger partial charge in [-0.05, 0) is 33.4 Å². The van der Waals surface area contributed by atoms with E-state index in [4.69, 9.17) is 0 Å². The molecule has 2 fully saturated rings. The smallest absolute Gasteiger partial charge is 0.0224 e. The monoisotopic (exact) mass is 180 g/mol. The quantitative estimate of drug-likeness (QED) is 0.514. The van der Waals surface area contributed by atoms with Gasteiger partial charge in [0.1, 0.15) is 0 Å². The van der Waals surface area contributed by atoms with Crippen LogP contribution in [-0.4, -0.2) is 49.1 Å². The molecule has 0 aromatic carbocycles. The van der Waals surface area contributed by atoms with E-state index in [2.05, 4.69) is 29.2 Å². The first-order chi connectivity index (χ1) is 6.27. The van der Waals surface area contributed by atoms with E-state index in [1.807, 2.05) is 0 Å². The Bertz CT molecular complexity index is 183. The van der Waals surface area contributed by atoms with Crippen molar-refractivity contribution in [2.45, 2.75) is 25.8 Å². The van der Waals surface area contributed by atoms with Crippen molar-refractivity contribution < 1.29 is 0 Å². The lowest BCUT2D eigenvalue weighted by Crippen LogP contribution is -2.48. The van der Waals surface area contributed by atoms with Crippen LogP contribution in [0.4, 0.5) is 0 Å². The van der Waals surface area contributed by atoms with Crippen LogP contribution in [0.25, 0.3) is 0 Å². The summed E-state index contributed by atoms with van der Waals surface area (Å²) in [5, 5.41) is 0. The highest BCUT2D eigenvalue weighted by Crippen LogP contribution is 2.20. The molecule has 2 aliphatic rings. The Hall–Kier alpha value is -0.520. The van der Waals surface area contributed by atoms with Crippen molar-refractivity contribution in [2.24, 2.45) is 0 Å². The molecule has 1 atom stereocenters. The molecule has 0 N–H and O–H groups in total. The fourth-order valence-electron chi connectivity index (χ4n) is 2.15. The van der Waals surface area contributed by atoms with Gasteiger partial charge in [0.25, 0.3) is 0 Å². The minimum absolute atomic E-state index is 0.902. The van der Waals surface area contributed by atoms with Gasteiger partial charge in [0, 0.05) is 25.7 Å². The number of likely N-dealkylation sites (N-methyl/N-ethyl adjacent to an activating group) is 1. The number of rotatable bonds is 0. The summed E-state index contributed by atoms with van der Waals surface area (Å²) in [6.07, 6.45) is 7.46. The first-order valence-electron chi connectivity index (χ1n) is 5.08. The molecular weight excluding hydrogens is 160 g/mol. The Morgan fingerprint density at radius 3 is 2.69 bits per heavy atom. The molecule has 0 aromatic rings. The fourth-order valence-corrected chi connectivity index (χ4v) is 2.15. The molecule has 0 aliphatic carbocycles. The summed E-state index contributed by atoms with van der Waals surface area (Å²) in [6, 6.07) is 0.902. The highest BCUT2D eigenvalue weighted by molar-refractivity contribution is 4.85. The molecule has 74 valence electrons. The fraction of sp³-hybridized carbons (Fsp3) is 0.818. The van der Waals surface area contributed by atoms with E-state index in [0.29, 0.717) is 0 Å². The molecular formula is C11H20N2. The number of nitrogens with zero attached hydrogens (tertiary/aromatic N) is 2. The highest BCUT2D eigenvalue weighted by atomic mass is 15.3. The SMILES string of the molecule is C#CC.CN1CCN2CCCC2C1. The maximum atomic E-state index is 4.60. The second-order valence-corrected chi connectivity index (χ2v) is 3.88. The van der Waals surface area contributed by atoms with E-state index >= 15 is 0 Å². The maximum absolute atomic E-state index is 4.60. The number of terminal acetylenes is 1. The molecule has 0 saturated carbocycles. The van der Waals surface area contributed by atoms with Crippen LogP contribution in [0.15, 0.2) is 0 Å². The third kappa shape index (κ3) is 3.02. The van der Waals surface area contributed by atoms with Gasteiger partial charge < -0.3 is 4.90 Å². The van der Waals surface area contributed by atoms with Crippen LogP contribution in [0.2, 0.25) is 0 Å². The van der Waals surface area contributed by atoms with Gasteiger partial charge in [-0.25, -0.2) is 0 Å². The minimum Gasteiger partial charge on any atom is -0.304 e. The Kier molecular flexibility index (Phi) is 4.27. The van der Waals surface area contributed by atoms with Crippen molar-refractivity contribution in [3.05, 3.63) is 0 Å². The van der Waals surface area contributed by atoms with Crippen molar-refractivity contribution in [3.63, 3.8) is 0 Å². The van der Waals surface area contributed by atoms with Crippen LogP contribution < -0.4 is 0 Å². The third-order valence-corrected chi connectivity index (χ3v) is 2.79. The lowest BCUT2D eigenvalue weighted by Gasteiger charge is -2.35. The normalized spacial score (nSPS) is 28.5. The zero-order chi connectivity index (χ0) is 9.68. The standard InChI is InChI=1S/C8H16N2.C3H4/c1-9-5-6-10-4-2-3-8(10)7-9;1-3-2/h8H,2-7H2,1H3;1H,2H3. The van der Waals surface area contributed by atoms with Crippen LogP contribution in [0, 0.1) is 12.3 Å². The van der Waals surface area contributed by atoms with Crippen molar-refractivity contribution >= 4 is 0 Å². The van der Waals surface area contributed by atoms with Crippen LogP contribution in [0.3, 0.4) is 0 Å². The largest absolute Gasteiger partial charge is 0.304 e. The molecule has 1 unspecified atom stereocenters. The second-order valence-electron chi connectivity index (χ2n) is 3.88. The first-order valence-corrected chi connectivity index (χ1v) is 5.08. The number of fused-ring (bicyclic) bond motifs is 1. The molecule has 2 saturated heterocycles. The molecule has 0 radical (unpaired) electrons. The van der Waals surface area contributed by atoms with Crippen molar-refractivity contribution in [3.8, 4) is 12.3 Å². The first kappa shape index (κ1) is 10.6. The zero-order valence-electron chi connectivity index (χ0n) is 8.79. The van der Waals surface area contributed by atoms with Gasteiger partial charge in [-0.15, -0.1) is 12.3 Å². The van der Waals surface area contributed by atoms with Crippen molar-refractivity contribution in [1.82, 2.24) is 9.80 Å². The minimum atomic E-state index is 0.902. The van der Waals surface area contributed by atoms with Gasteiger partial charge in [-0.2, -0.15) is 0 Å². The van der Waals surface area contributed by atoms with Gasteiger partial charge in [0.05, 0.1) is 0 Å². The molecule has 2 aliphatic heterocycles. The van der Waals surface area contributed by atoms with Crippen LogP contribution in [0.1, 0.15) is 19.8 Å². The average molecular weight is 180 g/mol. The summed E-state index contributed by atoms with van der Waals surface area (Å²) < 4.78 is 0. The van der Waals surface area contributed by atoms with Crippen LogP contribution >= 0.6 is 0 Å². The third-order valence-electron chi connectivity index (χ3n) is 2.79. The molecule has 0 bridgehead atoms. The molecule has 0 amide bonds. The summed E-state index contributed by atoms with van der Waals surface area (Å²) in [5.41, 5.74) is 0. The average Bonchev–Trinajstić information content (AvgIpc) is 2.52. The maximum Gasteiger partial charge on any atom is 0.0224 e. The predicted octanol–water partition coefficient (Wildman–Crippen LogP) is 1.04. The molecule has 0 spiro atoms. The van der Waals surface area contributed by atoms with E-state index in [-0.39, 0.29) is 0 Å². The van der Waals surface area contributed by atoms with Gasteiger partial charge in [0.15, 0.2) is 0 Å². The Morgan fingerprint density at radius 2 is 2.00 bits per heavy atom. The lowest BCUT2D eigenvalue weighted by molar-refractivity contribution is 0.124. The van der Waals surface area contributed by atoms with Gasteiger partial charge in [-0.3, -0.25) is 4.90 Å². The van der Waals surface area contributed by atoms with Crippen LogP contribution in [-0.2, 0) is 0 Å². The Morgan fingerprint density at radius 1 is 1.31 bits per heavy atom. The predicted molar refractivity (Wildman–Crippen MR) is 56.6 cm³/mol. The molecule has 0 aromatic heterocycles. The Balaban J connectivity index is 0.000000251. The van der Waals surface area contributed by atoms with Crippen molar-refractivity contribution in [1.29, 1.82) is 0 Å². The number of hydrogen-bond donors (Lipinski definition) is 0. The van der Waals surface area contributed by atoms with E-state index in [1.54, 1.807) is 6.92 Å². The second kappa shape index (κ2) is 5.26. The zero-order valence-corrected chi connectivity index (χ0v) is 8.79. The van der Waals surface area contributed by atoms with E-state index in [1.165, 1.54) is 39.0 Å². The van der Waals surface area contributed by atoms with E-state index in [9.17, 15) is 0 Å². The molecule has 2 nitrogen and oxygen atoms in total. The van der Waals surface area contributed by atoms with Gasteiger partial charge in [0.2, 0.25) is 0 Å². The summed E-state index contributed by atoms with van der Waals surface area (Å²) >= 11 is 0. The molecule has 2 rings (SSSR count). The van der Waals surface area contributed by atoms with Gasteiger partial charge >= 0.3 is 0 Å². The summed E-state index contributed by atoms with van der Waals surface area (Å²) in [7, 11) is 2.23. The lowest BCUT2D eigenvalue weighted by atomic mass is 10.2. The number of piperazine rings is 1. The summed E-state index contributed by atoms with van der Waals surface area (Å²) in [6.45, 7) is 6.90.